The topological polar surface area (TPSA) is 46.5 Å². The van der Waals surface area contributed by atoms with Gasteiger partial charge in [0.2, 0.25) is 0 Å². The zero-order valence-electron chi connectivity index (χ0n) is 17.3. The van der Waals surface area contributed by atoms with Crippen LogP contribution in [0.3, 0.4) is 0 Å². The van der Waals surface area contributed by atoms with E-state index >= 15 is 0 Å². The summed E-state index contributed by atoms with van der Waals surface area (Å²) in [5.41, 5.74) is 2.66. The summed E-state index contributed by atoms with van der Waals surface area (Å²) in [6.07, 6.45) is 1.59. The smallest absolute Gasteiger partial charge is 0.344 e. The van der Waals surface area contributed by atoms with E-state index in [1.807, 2.05) is 13.0 Å². The van der Waals surface area contributed by atoms with Crippen LogP contribution in [0.4, 0.5) is 0 Å². The van der Waals surface area contributed by atoms with Crippen LogP contribution in [0.2, 0.25) is 0 Å². The fraction of sp³-hybridized carbons (Fsp3) is 0.682. The van der Waals surface area contributed by atoms with Gasteiger partial charge in [-0.3, -0.25) is 0 Å². The molecule has 0 aromatic heterocycles. The van der Waals surface area contributed by atoms with E-state index in [-0.39, 0.29) is 16.7 Å². The van der Waals surface area contributed by atoms with Crippen molar-refractivity contribution >= 4 is 5.97 Å². The molecule has 0 bridgehead atoms. The largest absolute Gasteiger partial charge is 0.479 e. The Morgan fingerprint density at radius 3 is 2.20 bits per heavy atom. The number of ether oxygens (including phenoxy) is 1. The average molecular weight is 349 g/mol. The summed E-state index contributed by atoms with van der Waals surface area (Å²) >= 11 is 0. The molecule has 1 aromatic rings. The molecule has 1 atom stereocenters. The molecule has 0 radical (unpaired) electrons. The highest BCUT2D eigenvalue weighted by Crippen LogP contribution is 2.39. The molecule has 0 saturated heterocycles. The Labute approximate surface area is 153 Å². The van der Waals surface area contributed by atoms with Crippen LogP contribution in [-0.2, 0) is 10.2 Å². The standard InChI is InChI=1S/C22H36O3/c1-9-10-19(20(23)24)25-18-12-11-16(13-17(18)15(2)3)22(7,8)14-21(4,5)6/h11-13,15,19H,9-10,14H2,1-8H3,(H,23,24). The minimum absolute atomic E-state index is 0.0516. The second-order valence-corrected chi connectivity index (χ2v) is 9.26. The average Bonchev–Trinajstić information content (AvgIpc) is 2.44. The lowest BCUT2D eigenvalue weighted by atomic mass is 9.72. The Hall–Kier alpha value is -1.51. The molecule has 0 aliphatic heterocycles. The molecule has 3 nitrogen and oxygen atoms in total. The van der Waals surface area contributed by atoms with Crippen LogP contribution in [-0.4, -0.2) is 17.2 Å². The maximum Gasteiger partial charge on any atom is 0.344 e. The Kier molecular flexibility index (Phi) is 7.10. The van der Waals surface area contributed by atoms with Crippen LogP contribution in [0.25, 0.3) is 0 Å². The lowest BCUT2D eigenvalue weighted by Gasteiger charge is -2.34. The van der Waals surface area contributed by atoms with Gasteiger partial charge in [-0.15, -0.1) is 0 Å². The summed E-state index contributed by atoms with van der Waals surface area (Å²) in [5.74, 6) is 0.0799. The minimum atomic E-state index is -0.895. The van der Waals surface area contributed by atoms with Crippen molar-refractivity contribution in [1.82, 2.24) is 0 Å². The summed E-state index contributed by atoms with van der Waals surface area (Å²) in [4.78, 5) is 11.4. The van der Waals surface area contributed by atoms with Crippen molar-refractivity contribution in [3.63, 3.8) is 0 Å². The summed E-state index contributed by atoms with van der Waals surface area (Å²) in [7, 11) is 0. The summed E-state index contributed by atoms with van der Waals surface area (Å²) in [6, 6.07) is 6.26. The van der Waals surface area contributed by atoms with E-state index in [9.17, 15) is 9.90 Å². The minimum Gasteiger partial charge on any atom is -0.479 e. The molecule has 0 aliphatic carbocycles. The Bertz CT molecular complexity index is 579. The van der Waals surface area contributed by atoms with Crippen molar-refractivity contribution in [2.75, 3.05) is 0 Å². The number of hydrogen-bond acceptors (Lipinski definition) is 2. The molecule has 142 valence electrons. The Morgan fingerprint density at radius 1 is 1.16 bits per heavy atom. The predicted octanol–water partition coefficient (Wildman–Crippen LogP) is 6.16. The van der Waals surface area contributed by atoms with E-state index in [2.05, 4.69) is 60.6 Å². The summed E-state index contributed by atoms with van der Waals surface area (Å²) < 4.78 is 5.88. The third-order valence-corrected chi connectivity index (χ3v) is 4.48. The lowest BCUT2D eigenvalue weighted by molar-refractivity contribution is -0.145. The molecule has 0 saturated carbocycles. The Balaban J connectivity index is 3.21. The number of benzene rings is 1. The molecule has 1 N–H and O–H groups in total. The van der Waals surface area contributed by atoms with Crippen molar-refractivity contribution in [2.45, 2.75) is 92.1 Å². The lowest BCUT2D eigenvalue weighted by Crippen LogP contribution is -2.28. The predicted molar refractivity (Wildman–Crippen MR) is 105 cm³/mol. The molecule has 0 heterocycles. The Morgan fingerprint density at radius 2 is 1.76 bits per heavy atom. The van der Waals surface area contributed by atoms with Crippen LogP contribution in [0.1, 0.15) is 91.7 Å². The van der Waals surface area contributed by atoms with Gasteiger partial charge in [0.1, 0.15) is 5.75 Å². The van der Waals surface area contributed by atoms with Gasteiger partial charge >= 0.3 is 5.97 Å². The van der Waals surface area contributed by atoms with Crippen molar-refractivity contribution < 1.29 is 14.6 Å². The molecule has 0 fully saturated rings. The highest BCUT2D eigenvalue weighted by Gasteiger charge is 2.29. The van der Waals surface area contributed by atoms with E-state index in [4.69, 9.17) is 4.74 Å². The van der Waals surface area contributed by atoms with Gasteiger partial charge < -0.3 is 9.84 Å². The van der Waals surface area contributed by atoms with E-state index in [0.717, 1.165) is 18.4 Å². The maximum absolute atomic E-state index is 11.4. The number of carboxylic acid groups (broad SMARTS) is 1. The molecule has 1 aromatic carbocycles. The highest BCUT2D eigenvalue weighted by molar-refractivity contribution is 5.72. The number of aliphatic carboxylic acids is 1. The molecule has 1 rings (SSSR count). The molecule has 0 amide bonds. The maximum atomic E-state index is 11.4. The van der Waals surface area contributed by atoms with Crippen LogP contribution < -0.4 is 4.74 Å². The van der Waals surface area contributed by atoms with Gasteiger partial charge in [0.25, 0.3) is 0 Å². The first-order valence-corrected chi connectivity index (χ1v) is 9.41. The van der Waals surface area contributed by atoms with E-state index in [0.29, 0.717) is 12.2 Å². The monoisotopic (exact) mass is 348 g/mol. The van der Waals surface area contributed by atoms with Crippen molar-refractivity contribution in [3.05, 3.63) is 29.3 Å². The molecule has 3 heteroatoms. The van der Waals surface area contributed by atoms with E-state index in [1.165, 1.54) is 5.56 Å². The van der Waals surface area contributed by atoms with Crippen molar-refractivity contribution in [3.8, 4) is 5.75 Å². The van der Waals surface area contributed by atoms with Crippen molar-refractivity contribution in [1.29, 1.82) is 0 Å². The molecule has 25 heavy (non-hydrogen) atoms. The number of hydrogen-bond donors (Lipinski definition) is 1. The van der Waals surface area contributed by atoms with Gasteiger partial charge in [-0.1, -0.05) is 73.9 Å². The fourth-order valence-corrected chi connectivity index (χ4v) is 3.60. The van der Waals surface area contributed by atoms with Gasteiger partial charge in [-0.2, -0.15) is 0 Å². The SMILES string of the molecule is CCCC(Oc1ccc(C(C)(C)CC(C)(C)C)cc1C(C)C)C(=O)O. The second-order valence-electron chi connectivity index (χ2n) is 9.26. The number of carboxylic acids is 1. The normalized spacial score (nSPS) is 13.8. The molecular formula is C22H36O3. The number of rotatable bonds is 8. The third-order valence-electron chi connectivity index (χ3n) is 4.48. The first-order valence-electron chi connectivity index (χ1n) is 9.41. The van der Waals surface area contributed by atoms with Gasteiger partial charge in [-0.05, 0) is 46.8 Å². The molecular weight excluding hydrogens is 312 g/mol. The second kappa shape index (κ2) is 8.25. The summed E-state index contributed by atoms with van der Waals surface area (Å²) in [6.45, 7) is 17.6. The molecule has 0 aliphatic rings. The molecule has 1 unspecified atom stereocenters. The van der Waals surface area contributed by atoms with Crippen molar-refractivity contribution in [2.24, 2.45) is 5.41 Å². The fourth-order valence-electron chi connectivity index (χ4n) is 3.60. The van der Waals surface area contributed by atoms with Gasteiger partial charge in [0, 0.05) is 0 Å². The van der Waals surface area contributed by atoms with E-state index in [1.54, 1.807) is 0 Å². The zero-order chi connectivity index (χ0) is 19.4. The zero-order valence-corrected chi connectivity index (χ0v) is 17.3. The summed E-state index contributed by atoms with van der Waals surface area (Å²) in [5, 5.41) is 9.38. The van der Waals surface area contributed by atoms with Crippen LogP contribution in [0, 0.1) is 5.41 Å². The quantitative estimate of drug-likeness (QED) is 0.612. The first-order chi connectivity index (χ1) is 11.4. The van der Waals surface area contributed by atoms with Gasteiger partial charge in [0.05, 0.1) is 0 Å². The van der Waals surface area contributed by atoms with Crippen LogP contribution in [0.5, 0.6) is 5.75 Å². The highest BCUT2D eigenvalue weighted by atomic mass is 16.5. The molecule has 0 spiro atoms. The van der Waals surface area contributed by atoms with Gasteiger partial charge in [-0.25, -0.2) is 4.79 Å². The van der Waals surface area contributed by atoms with Gasteiger partial charge in [0.15, 0.2) is 6.10 Å². The van der Waals surface area contributed by atoms with E-state index < -0.39 is 12.1 Å². The van der Waals surface area contributed by atoms with Crippen LogP contribution in [0.15, 0.2) is 18.2 Å². The first kappa shape index (κ1) is 21.5. The number of carbonyl (C=O) groups is 1. The third kappa shape index (κ3) is 6.37. The van der Waals surface area contributed by atoms with Crippen LogP contribution >= 0.6 is 0 Å².